The first-order valence-corrected chi connectivity index (χ1v) is 7.99. The summed E-state index contributed by atoms with van der Waals surface area (Å²) >= 11 is 6.35. The molecule has 5 nitrogen and oxygen atoms in total. The molecule has 118 valence electrons. The van der Waals surface area contributed by atoms with Crippen molar-refractivity contribution in [2.45, 2.75) is 38.3 Å². The van der Waals surface area contributed by atoms with Crippen molar-refractivity contribution in [2.75, 3.05) is 12.4 Å². The quantitative estimate of drug-likeness (QED) is 0.931. The van der Waals surface area contributed by atoms with Crippen LogP contribution in [0.25, 0.3) is 0 Å². The highest BCUT2D eigenvalue weighted by molar-refractivity contribution is 6.33. The van der Waals surface area contributed by atoms with E-state index in [-0.39, 0.29) is 0 Å². The SMILES string of the molecule is COc1ccc(NC2CCC(C)CC2n2cncn2)c(Cl)c1. The first-order valence-electron chi connectivity index (χ1n) is 7.61. The summed E-state index contributed by atoms with van der Waals surface area (Å²) in [5.74, 6) is 1.46. The molecule has 3 atom stereocenters. The fourth-order valence-electron chi connectivity index (χ4n) is 3.14. The third-order valence-electron chi connectivity index (χ3n) is 4.37. The second-order valence-corrected chi connectivity index (χ2v) is 6.36. The van der Waals surface area contributed by atoms with Crippen LogP contribution in [-0.2, 0) is 0 Å². The van der Waals surface area contributed by atoms with Gasteiger partial charge >= 0.3 is 0 Å². The van der Waals surface area contributed by atoms with Crippen LogP contribution in [0.15, 0.2) is 30.9 Å². The van der Waals surface area contributed by atoms with Crippen LogP contribution in [-0.4, -0.2) is 27.9 Å². The average molecular weight is 321 g/mol. The summed E-state index contributed by atoms with van der Waals surface area (Å²) in [6, 6.07) is 6.31. The summed E-state index contributed by atoms with van der Waals surface area (Å²) in [5.41, 5.74) is 0.937. The van der Waals surface area contributed by atoms with Crippen LogP contribution in [0.4, 0.5) is 5.69 Å². The van der Waals surface area contributed by atoms with E-state index in [0.29, 0.717) is 23.0 Å². The van der Waals surface area contributed by atoms with Crippen molar-refractivity contribution in [1.29, 1.82) is 0 Å². The van der Waals surface area contributed by atoms with Crippen molar-refractivity contribution in [3.05, 3.63) is 35.9 Å². The number of halogens is 1. The molecule has 1 aromatic heterocycles. The summed E-state index contributed by atoms with van der Waals surface area (Å²) in [6.07, 6.45) is 6.78. The maximum Gasteiger partial charge on any atom is 0.137 e. The van der Waals surface area contributed by atoms with E-state index in [9.17, 15) is 0 Å². The first-order chi connectivity index (χ1) is 10.7. The van der Waals surface area contributed by atoms with Gasteiger partial charge in [0.05, 0.1) is 23.9 Å². The van der Waals surface area contributed by atoms with E-state index in [1.807, 2.05) is 22.9 Å². The van der Waals surface area contributed by atoms with Crippen LogP contribution in [0.2, 0.25) is 5.02 Å². The highest BCUT2D eigenvalue weighted by Gasteiger charge is 2.30. The Hall–Kier alpha value is -1.75. The van der Waals surface area contributed by atoms with E-state index in [2.05, 4.69) is 22.3 Å². The molecule has 0 radical (unpaired) electrons. The summed E-state index contributed by atoms with van der Waals surface area (Å²) in [7, 11) is 1.64. The number of rotatable bonds is 4. The van der Waals surface area contributed by atoms with E-state index < -0.39 is 0 Å². The lowest BCUT2D eigenvalue weighted by atomic mass is 9.83. The molecule has 2 aromatic rings. The zero-order chi connectivity index (χ0) is 15.5. The van der Waals surface area contributed by atoms with E-state index in [1.54, 1.807) is 19.8 Å². The predicted molar refractivity (Wildman–Crippen MR) is 87.5 cm³/mol. The second kappa shape index (κ2) is 6.57. The van der Waals surface area contributed by atoms with E-state index in [1.165, 1.54) is 6.42 Å². The molecule has 0 amide bonds. The largest absolute Gasteiger partial charge is 0.497 e. The van der Waals surface area contributed by atoms with E-state index >= 15 is 0 Å². The number of anilines is 1. The van der Waals surface area contributed by atoms with Crippen LogP contribution in [0, 0.1) is 5.92 Å². The zero-order valence-electron chi connectivity index (χ0n) is 12.9. The Labute approximate surface area is 135 Å². The van der Waals surface area contributed by atoms with Gasteiger partial charge in [-0.2, -0.15) is 5.10 Å². The summed E-state index contributed by atoms with van der Waals surface area (Å²) in [4.78, 5) is 4.09. The predicted octanol–water partition coefficient (Wildman–Crippen LogP) is 3.78. The smallest absolute Gasteiger partial charge is 0.137 e. The summed E-state index contributed by atoms with van der Waals surface area (Å²) in [6.45, 7) is 2.29. The molecule has 1 aliphatic carbocycles. The van der Waals surface area contributed by atoms with Gasteiger partial charge < -0.3 is 10.1 Å². The van der Waals surface area contributed by atoms with Gasteiger partial charge in [-0.25, -0.2) is 9.67 Å². The van der Waals surface area contributed by atoms with Crippen molar-refractivity contribution < 1.29 is 4.74 Å². The fourth-order valence-corrected chi connectivity index (χ4v) is 3.36. The van der Waals surface area contributed by atoms with Crippen molar-refractivity contribution in [2.24, 2.45) is 5.92 Å². The maximum absolute atomic E-state index is 6.35. The summed E-state index contributed by atoms with van der Waals surface area (Å²) < 4.78 is 7.16. The number of hydrogen-bond acceptors (Lipinski definition) is 4. The molecule has 3 unspecified atom stereocenters. The molecule has 22 heavy (non-hydrogen) atoms. The molecule has 1 N–H and O–H groups in total. The van der Waals surface area contributed by atoms with Crippen LogP contribution in [0.1, 0.15) is 32.2 Å². The van der Waals surface area contributed by atoms with Crippen LogP contribution in [0.3, 0.4) is 0 Å². The van der Waals surface area contributed by atoms with Gasteiger partial charge in [-0.05, 0) is 37.3 Å². The molecular weight excluding hydrogens is 300 g/mol. The molecule has 0 aliphatic heterocycles. The number of ether oxygens (including phenoxy) is 1. The monoisotopic (exact) mass is 320 g/mol. The fraction of sp³-hybridized carbons (Fsp3) is 0.500. The Morgan fingerprint density at radius 1 is 1.36 bits per heavy atom. The van der Waals surface area contributed by atoms with Gasteiger partial charge in [-0.1, -0.05) is 18.5 Å². The molecule has 1 aliphatic rings. The topological polar surface area (TPSA) is 52.0 Å². The van der Waals surface area contributed by atoms with Gasteiger partial charge in [-0.15, -0.1) is 0 Å². The van der Waals surface area contributed by atoms with Gasteiger partial charge in [0, 0.05) is 12.1 Å². The van der Waals surface area contributed by atoms with Gasteiger partial charge in [0.15, 0.2) is 0 Å². The lowest BCUT2D eigenvalue weighted by Crippen LogP contribution is -2.36. The highest BCUT2D eigenvalue weighted by Crippen LogP contribution is 2.36. The first kappa shape index (κ1) is 15.2. The zero-order valence-corrected chi connectivity index (χ0v) is 13.6. The molecule has 1 heterocycles. The van der Waals surface area contributed by atoms with Crippen LogP contribution < -0.4 is 10.1 Å². The Morgan fingerprint density at radius 2 is 2.23 bits per heavy atom. The molecule has 0 saturated heterocycles. The minimum absolute atomic E-state index is 0.295. The Balaban J connectivity index is 1.80. The number of benzene rings is 1. The number of hydrogen-bond donors (Lipinski definition) is 1. The average Bonchev–Trinajstić information content (AvgIpc) is 3.05. The third kappa shape index (κ3) is 3.19. The molecule has 1 aromatic carbocycles. The van der Waals surface area contributed by atoms with Crippen LogP contribution >= 0.6 is 11.6 Å². The second-order valence-electron chi connectivity index (χ2n) is 5.96. The number of nitrogens with one attached hydrogen (secondary N) is 1. The molecule has 1 fully saturated rings. The Kier molecular flexibility index (Phi) is 4.52. The molecular formula is C16H21ClN4O. The van der Waals surface area contributed by atoms with Crippen molar-refractivity contribution in [3.63, 3.8) is 0 Å². The minimum Gasteiger partial charge on any atom is -0.497 e. The van der Waals surface area contributed by atoms with Crippen molar-refractivity contribution >= 4 is 17.3 Å². The minimum atomic E-state index is 0.295. The Bertz CT molecular complexity index is 617. The highest BCUT2D eigenvalue weighted by atomic mass is 35.5. The summed E-state index contributed by atoms with van der Waals surface area (Å²) in [5, 5.41) is 8.59. The number of aromatic nitrogens is 3. The van der Waals surface area contributed by atoms with Gasteiger partial charge in [0.1, 0.15) is 18.4 Å². The number of methoxy groups -OCH3 is 1. The third-order valence-corrected chi connectivity index (χ3v) is 4.69. The number of nitrogens with zero attached hydrogens (tertiary/aromatic N) is 3. The van der Waals surface area contributed by atoms with Gasteiger partial charge in [0.2, 0.25) is 0 Å². The molecule has 0 spiro atoms. The molecule has 0 bridgehead atoms. The van der Waals surface area contributed by atoms with Gasteiger partial charge in [-0.3, -0.25) is 0 Å². The van der Waals surface area contributed by atoms with Crippen molar-refractivity contribution in [1.82, 2.24) is 14.8 Å². The maximum atomic E-state index is 6.35. The molecule has 6 heteroatoms. The Morgan fingerprint density at radius 3 is 2.91 bits per heavy atom. The normalized spacial score (nSPS) is 25.0. The molecule has 3 rings (SSSR count). The van der Waals surface area contributed by atoms with E-state index in [4.69, 9.17) is 16.3 Å². The standard InChI is InChI=1S/C16H21ClN4O/c1-11-3-5-15(16(7-11)21-10-18-9-19-21)20-14-6-4-12(22-2)8-13(14)17/h4,6,8-11,15-16,20H,3,5,7H2,1-2H3. The lowest BCUT2D eigenvalue weighted by molar-refractivity contribution is 0.244. The molecule has 1 saturated carbocycles. The van der Waals surface area contributed by atoms with Crippen molar-refractivity contribution in [3.8, 4) is 5.75 Å². The van der Waals surface area contributed by atoms with Gasteiger partial charge in [0.25, 0.3) is 0 Å². The lowest BCUT2D eigenvalue weighted by Gasteiger charge is -2.36. The van der Waals surface area contributed by atoms with Crippen LogP contribution in [0.5, 0.6) is 5.75 Å². The van der Waals surface area contributed by atoms with E-state index in [0.717, 1.165) is 24.3 Å².